The van der Waals surface area contributed by atoms with Crippen molar-refractivity contribution in [3.05, 3.63) is 22.2 Å². The average molecular weight is 197 g/mol. The van der Waals surface area contributed by atoms with Crippen LogP contribution in [0, 0.1) is 10.1 Å². The Morgan fingerprint density at radius 2 is 2.14 bits per heavy atom. The summed E-state index contributed by atoms with van der Waals surface area (Å²) in [6.45, 7) is 2.14. The lowest BCUT2D eigenvalue weighted by Crippen LogP contribution is -2.02. The summed E-state index contributed by atoms with van der Waals surface area (Å²) in [4.78, 5) is 9.93. The number of rotatable bonds is 3. The molecule has 0 spiro atoms. The van der Waals surface area contributed by atoms with Gasteiger partial charge in [0.25, 0.3) is 5.69 Å². The van der Waals surface area contributed by atoms with Gasteiger partial charge in [0.05, 0.1) is 29.0 Å². The van der Waals surface area contributed by atoms with Gasteiger partial charge in [0.1, 0.15) is 0 Å². The second-order valence-corrected chi connectivity index (χ2v) is 2.64. The van der Waals surface area contributed by atoms with Crippen molar-refractivity contribution < 1.29 is 9.66 Å². The molecule has 0 aromatic heterocycles. The maximum absolute atomic E-state index is 10.5. The van der Waals surface area contributed by atoms with Crippen molar-refractivity contribution in [1.82, 2.24) is 0 Å². The molecule has 0 saturated carbocycles. The number of hydrogen-bond acceptors (Lipinski definition) is 5. The van der Waals surface area contributed by atoms with E-state index in [1.165, 1.54) is 12.1 Å². The molecule has 0 aliphatic carbocycles. The Morgan fingerprint density at radius 1 is 1.50 bits per heavy atom. The standard InChI is InChI=1S/C8H11N3O3/c1-2-14-7-4-5(11(12)13)3-6(9)8(7)10/h3-4H,2,9-10H2,1H3. The molecular formula is C8H11N3O3. The molecule has 0 amide bonds. The van der Waals surface area contributed by atoms with Gasteiger partial charge < -0.3 is 16.2 Å². The lowest BCUT2D eigenvalue weighted by Gasteiger charge is -2.08. The van der Waals surface area contributed by atoms with Crippen molar-refractivity contribution >= 4 is 17.1 Å². The number of hydrogen-bond donors (Lipinski definition) is 2. The van der Waals surface area contributed by atoms with E-state index in [1.54, 1.807) is 6.92 Å². The highest BCUT2D eigenvalue weighted by Crippen LogP contribution is 2.32. The molecule has 1 aromatic carbocycles. The van der Waals surface area contributed by atoms with Gasteiger partial charge in [0.2, 0.25) is 0 Å². The van der Waals surface area contributed by atoms with Crippen molar-refractivity contribution in [3.63, 3.8) is 0 Å². The maximum Gasteiger partial charge on any atom is 0.275 e. The zero-order chi connectivity index (χ0) is 10.7. The van der Waals surface area contributed by atoms with Crippen LogP contribution in [0.25, 0.3) is 0 Å². The molecule has 76 valence electrons. The summed E-state index contributed by atoms with van der Waals surface area (Å²) in [6.07, 6.45) is 0. The number of ether oxygens (including phenoxy) is 1. The second kappa shape index (κ2) is 3.82. The third kappa shape index (κ3) is 1.85. The number of benzene rings is 1. The number of nitrogens with zero attached hydrogens (tertiary/aromatic N) is 1. The zero-order valence-electron chi connectivity index (χ0n) is 7.69. The molecule has 0 saturated heterocycles. The highest BCUT2D eigenvalue weighted by molar-refractivity contribution is 5.74. The van der Waals surface area contributed by atoms with Gasteiger partial charge in [-0.3, -0.25) is 10.1 Å². The molecule has 0 radical (unpaired) electrons. The van der Waals surface area contributed by atoms with Crippen molar-refractivity contribution in [2.24, 2.45) is 0 Å². The van der Waals surface area contributed by atoms with E-state index in [-0.39, 0.29) is 22.8 Å². The van der Waals surface area contributed by atoms with Gasteiger partial charge in [-0.2, -0.15) is 0 Å². The van der Waals surface area contributed by atoms with Crippen LogP contribution in [0.4, 0.5) is 17.1 Å². The summed E-state index contributed by atoms with van der Waals surface area (Å²) in [5.74, 6) is 0.249. The molecule has 0 fully saturated rings. The summed E-state index contributed by atoms with van der Waals surface area (Å²) in [5.41, 5.74) is 11.3. The molecule has 0 atom stereocenters. The van der Waals surface area contributed by atoms with E-state index >= 15 is 0 Å². The molecule has 14 heavy (non-hydrogen) atoms. The van der Waals surface area contributed by atoms with Gasteiger partial charge >= 0.3 is 0 Å². The highest BCUT2D eigenvalue weighted by Gasteiger charge is 2.13. The third-order valence-electron chi connectivity index (χ3n) is 1.67. The van der Waals surface area contributed by atoms with Gasteiger partial charge in [-0.05, 0) is 6.92 Å². The summed E-state index contributed by atoms with van der Waals surface area (Å²) in [7, 11) is 0. The van der Waals surface area contributed by atoms with Crippen molar-refractivity contribution in [1.29, 1.82) is 0 Å². The molecule has 0 aliphatic heterocycles. The van der Waals surface area contributed by atoms with E-state index in [0.29, 0.717) is 6.61 Å². The topological polar surface area (TPSA) is 104 Å². The van der Waals surface area contributed by atoms with Gasteiger partial charge in [0.15, 0.2) is 5.75 Å². The van der Waals surface area contributed by atoms with Crippen LogP contribution in [0.2, 0.25) is 0 Å². The molecular weight excluding hydrogens is 186 g/mol. The van der Waals surface area contributed by atoms with Crippen LogP contribution < -0.4 is 16.2 Å². The zero-order valence-corrected chi connectivity index (χ0v) is 7.69. The summed E-state index contributed by atoms with van der Waals surface area (Å²) in [5, 5.41) is 10.5. The third-order valence-corrected chi connectivity index (χ3v) is 1.67. The number of nitro groups is 1. The Hall–Kier alpha value is -1.98. The first-order valence-electron chi connectivity index (χ1n) is 4.02. The molecule has 0 aliphatic rings. The maximum atomic E-state index is 10.5. The predicted octanol–water partition coefficient (Wildman–Crippen LogP) is 1.16. The largest absolute Gasteiger partial charge is 0.491 e. The minimum absolute atomic E-state index is 0.125. The van der Waals surface area contributed by atoms with Gasteiger partial charge in [-0.1, -0.05) is 0 Å². The fourth-order valence-corrected chi connectivity index (χ4v) is 1.01. The number of nitrogens with two attached hydrogens (primary N) is 2. The van der Waals surface area contributed by atoms with Crippen LogP contribution in [0.3, 0.4) is 0 Å². The summed E-state index contributed by atoms with van der Waals surface area (Å²) in [6, 6.07) is 2.47. The number of nitro benzene ring substituents is 1. The molecule has 1 aromatic rings. The van der Waals surface area contributed by atoms with Crippen LogP contribution in [0.15, 0.2) is 12.1 Å². The molecule has 1 rings (SSSR count). The van der Waals surface area contributed by atoms with E-state index in [4.69, 9.17) is 16.2 Å². The van der Waals surface area contributed by atoms with Gasteiger partial charge in [-0.25, -0.2) is 0 Å². The Labute approximate surface area is 80.6 Å². The van der Waals surface area contributed by atoms with Crippen LogP contribution in [-0.4, -0.2) is 11.5 Å². The molecule has 4 N–H and O–H groups in total. The van der Waals surface area contributed by atoms with Crippen molar-refractivity contribution in [3.8, 4) is 5.75 Å². The fraction of sp³-hybridized carbons (Fsp3) is 0.250. The minimum Gasteiger partial charge on any atom is -0.491 e. The van der Waals surface area contributed by atoms with E-state index in [0.717, 1.165) is 0 Å². The van der Waals surface area contributed by atoms with E-state index in [2.05, 4.69) is 0 Å². The molecule has 0 heterocycles. The molecule has 6 nitrogen and oxygen atoms in total. The van der Waals surface area contributed by atoms with Gasteiger partial charge in [-0.15, -0.1) is 0 Å². The number of non-ortho nitro benzene ring substituents is 1. The quantitative estimate of drug-likeness (QED) is 0.429. The molecule has 6 heteroatoms. The Morgan fingerprint density at radius 3 is 2.64 bits per heavy atom. The van der Waals surface area contributed by atoms with Crippen LogP contribution in [0.5, 0.6) is 5.75 Å². The Balaban J connectivity index is 3.20. The fourth-order valence-electron chi connectivity index (χ4n) is 1.01. The van der Waals surface area contributed by atoms with Crippen molar-refractivity contribution in [2.45, 2.75) is 6.92 Å². The minimum atomic E-state index is -0.543. The first kappa shape index (κ1) is 10.1. The average Bonchev–Trinajstić information content (AvgIpc) is 2.12. The summed E-state index contributed by atoms with van der Waals surface area (Å²) >= 11 is 0. The Kier molecular flexibility index (Phi) is 2.76. The number of nitrogen functional groups attached to an aromatic ring is 2. The van der Waals surface area contributed by atoms with Crippen molar-refractivity contribution in [2.75, 3.05) is 18.1 Å². The van der Waals surface area contributed by atoms with Gasteiger partial charge in [0, 0.05) is 6.07 Å². The summed E-state index contributed by atoms with van der Waals surface area (Å²) < 4.78 is 5.10. The van der Waals surface area contributed by atoms with Crippen LogP contribution in [0.1, 0.15) is 6.92 Å². The van der Waals surface area contributed by atoms with E-state index in [1.807, 2.05) is 0 Å². The second-order valence-electron chi connectivity index (χ2n) is 2.64. The smallest absolute Gasteiger partial charge is 0.275 e. The highest BCUT2D eigenvalue weighted by atomic mass is 16.6. The molecule has 0 unspecified atom stereocenters. The lowest BCUT2D eigenvalue weighted by molar-refractivity contribution is -0.384. The Bertz CT molecular complexity index is 365. The normalized spacial score (nSPS) is 9.79. The van der Waals surface area contributed by atoms with Crippen LogP contribution in [-0.2, 0) is 0 Å². The first-order valence-corrected chi connectivity index (χ1v) is 4.02. The van der Waals surface area contributed by atoms with E-state index in [9.17, 15) is 10.1 Å². The first-order chi connectivity index (χ1) is 6.56. The SMILES string of the molecule is CCOc1cc([N+](=O)[O-])cc(N)c1N. The van der Waals surface area contributed by atoms with E-state index < -0.39 is 4.92 Å². The monoisotopic (exact) mass is 197 g/mol. The van der Waals surface area contributed by atoms with Crippen LogP contribution >= 0.6 is 0 Å². The lowest BCUT2D eigenvalue weighted by atomic mass is 10.2. The number of anilines is 2. The molecule has 0 bridgehead atoms. The predicted molar refractivity (Wildman–Crippen MR) is 53.1 cm³/mol.